The second-order valence-corrected chi connectivity index (χ2v) is 12.5. The molecule has 2 aromatic carbocycles. The minimum Gasteiger partial charge on any atom is -0.448 e. The molecule has 0 atom stereocenters. The number of anilines is 2. The molecule has 4 rings (SSSR count). The summed E-state index contributed by atoms with van der Waals surface area (Å²) in [4.78, 5) is 64.3. The number of hydrogen-bond acceptors (Lipinski definition) is 10. The Morgan fingerprint density at radius 1 is 0.942 bits per heavy atom. The second kappa shape index (κ2) is 19.6. The molecule has 14 nitrogen and oxygen atoms in total. The molecule has 4 aromatic rings. The second-order valence-electron chi connectivity index (χ2n) is 12.5. The highest BCUT2D eigenvalue weighted by atomic mass is 16.7. The highest BCUT2D eigenvalue weighted by Crippen LogP contribution is 2.21. The van der Waals surface area contributed by atoms with Crippen LogP contribution in [0.2, 0.25) is 0 Å². The number of unbranched alkanes of at least 4 members (excludes halogenated alkanes) is 3. The largest absolute Gasteiger partial charge is 0.448 e. The van der Waals surface area contributed by atoms with Crippen molar-refractivity contribution in [3.8, 4) is 0 Å². The van der Waals surface area contributed by atoms with E-state index in [1.54, 1.807) is 48.7 Å². The lowest BCUT2D eigenvalue weighted by molar-refractivity contribution is -0.167. The van der Waals surface area contributed by atoms with E-state index < -0.39 is 24.8 Å². The van der Waals surface area contributed by atoms with Crippen molar-refractivity contribution in [1.82, 2.24) is 14.5 Å². The van der Waals surface area contributed by atoms with Crippen molar-refractivity contribution in [3.63, 3.8) is 0 Å². The van der Waals surface area contributed by atoms with Gasteiger partial charge in [0.25, 0.3) is 5.91 Å². The van der Waals surface area contributed by atoms with E-state index in [4.69, 9.17) is 24.9 Å². The van der Waals surface area contributed by atoms with Gasteiger partial charge in [-0.2, -0.15) is 4.99 Å². The summed E-state index contributed by atoms with van der Waals surface area (Å²) in [6.07, 6.45) is 4.94. The first-order valence-corrected chi connectivity index (χ1v) is 17.4. The third-order valence-corrected chi connectivity index (χ3v) is 8.01. The number of carbonyl (C=O) groups is 4. The molecule has 2 heterocycles. The number of aromatic nitrogens is 3. The zero-order valence-corrected chi connectivity index (χ0v) is 30.2. The SMILES string of the molecule is CCCCCCOC(=O)/N=C(/N)c1ccc(NCc2nc3cc(C(=O)N(CCC(=O)OCOC(=O)CC(C)C)c4ccccn4)ccc3n2C)cc1. The number of esters is 2. The molecule has 2 aromatic heterocycles. The molecule has 276 valence electrons. The van der Waals surface area contributed by atoms with Gasteiger partial charge in [-0.15, -0.1) is 0 Å². The standard InChI is InChI=1S/C38H47N7O7/c1-5-6-7-10-21-50-38(49)43-36(39)27-12-15-29(16-13-27)41-24-33-42-30-23-28(14-17-31(30)44(33)4)37(48)45(32-11-8-9-19-40-32)20-18-34(46)51-25-52-35(47)22-26(2)3/h8-9,11-17,19,23,26,41H,5-7,10,18,20-22,24-25H2,1-4H3,(H2,39,43,49). The molecule has 3 N–H and O–H groups in total. The minimum absolute atomic E-state index is 0.0104. The van der Waals surface area contributed by atoms with Crippen LogP contribution in [0.5, 0.6) is 0 Å². The first-order chi connectivity index (χ1) is 25.0. The topological polar surface area (TPSA) is 180 Å². The number of nitrogens with two attached hydrogens (primary N) is 1. The lowest BCUT2D eigenvalue weighted by Crippen LogP contribution is -2.34. The molecule has 0 fully saturated rings. The number of aryl methyl sites for hydroxylation is 1. The Morgan fingerprint density at radius 3 is 2.40 bits per heavy atom. The summed E-state index contributed by atoms with van der Waals surface area (Å²) < 4.78 is 17.1. The van der Waals surface area contributed by atoms with Crippen LogP contribution in [0.25, 0.3) is 11.0 Å². The van der Waals surface area contributed by atoms with Crippen molar-refractivity contribution in [2.45, 2.75) is 65.8 Å². The summed E-state index contributed by atoms with van der Waals surface area (Å²) in [5.41, 5.74) is 9.22. The van der Waals surface area contributed by atoms with Crippen molar-refractivity contribution in [2.75, 3.05) is 30.2 Å². The van der Waals surface area contributed by atoms with Crippen LogP contribution < -0.4 is 16.0 Å². The van der Waals surface area contributed by atoms with Crippen LogP contribution in [0.1, 0.15) is 81.0 Å². The molecule has 2 amide bonds. The summed E-state index contributed by atoms with van der Waals surface area (Å²) in [5.74, 6) is -0.153. The van der Waals surface area contributed by atoms with Crippen molar-refractivity contribution in [2.24, 2.45) is 23.7 Å². The van der Waals surface area contributed by atoms with Crippen LogP contribution >= 0.6 is 0 Å². The van der Waals surface area contributed by atoms with E-state index in [2.05, 4.69) is 22.2 Å². The predicted octanol–water partition coefficient (Wildman–Crippen LogP) is 6.13. The highest BCUT2D eigenvalue weighted by Gasteiger charge is 2.22. The number of nitrogens with one attached hydrogen (secondary N) is 1. The number of hydrogen-bond donors (Lipinski definition) is 2. The van der Waals surface area contributed by atoms with Gasteiger partial charge in [0.1, 0.15) is 17.5 Å². The number of aliphatic imine (C=N–C) groups is 1. The Balaban J connectivity index is 1.37. The van der Waals surface area contributed by atoms with Gasteiger partial charge in [0.15, 0.2) is 0 Å². The molecule has 0 aliphatic carbocycles. The molecule has 0 bridgehead atoms. The Labute approximate surface area is 303 Å². The van der Waals surface area contributed by atoms with Crippen molar-refractivity contribution in [1.29, 1.82) is 0 Å². The molecule has 0 unspecified atom stereocenters. The van der Waals surface area contributed by atoms with Crippen molar-refractivity contribution >= 4 is 52.3 Å². The number of rotatable bonds is 18. The van der Waals surface area contributed by atoms with Gasteiger partial charge in [0.05, 0.1) is 30.6 Å². The number of imidazole rings is 1. The fraction of sp³-hybridized carbons (Fsp3) is 0.395. The third-order valence-electron chi connectivity index (χ3n) is 8.01. The van der Waals surface area contributed by atoms with Crippen LogP contribution in [0.3, 0.4) is 0 Å². The molecule has 52 heavy (non-hydrogen) atoms. The number of carbonyl (C=O) groups excluding carboxylic acids is 4. The summed E-state index contributed by atoms with van der Waals surface area (Å²) in [7, 11) is 1.89. The summed E-state index contributed by atoms with van der Waals surface area (Å²) in [6.45, 7) is 6.10. The molecule has 0 aliphatic heterocycles. The smallest absolute Gasteiger partial charge is 0.435 e. The van der Waals surface area contributed by atoms with E-state index in [0.717, 1.165) is 42.7 Å². The van der Waals surface area contributed by atoms with Crippen LogP contribution in [0, 0.1) is 5.92 Å². The highest BCUT2D eigenvalue weighted by molar-refractivity contribution is 6.07. The number of amidine groups is 1. The van der Waals surface area contributed by atoms with E-state index in [1.165, 1.54) is 4.90 Å². The molecule has 0 saturated carbocycles. The third kappa shape index (κ3) is 11.6. The van der Waals surface area contributed by atoms with Gasteiger partial charge in [-0.3, -0.25) is 19.3 Å². The summed E-state index contributed by atoms with van der Waals surface area (Å²) >= 11 is 0. The molecule has 0 aliphatic rings. The maximum atomic E-state index is 13.8. The van der Waals surface area contributed by atoms with Crippen LogP contribution in [0.15, 0.2) is 71.9 Å². The molecule has 0 radical (unpaired) electrons. The lowest BCUT2D eigenvalue weighted by Gasteiger charge is -2.21. The van der Waals surface area contributed by atoms with Gasteiger partial charge in [-0.1, -0.05) is 46.1 Å². The van der Waals surface area contributed by atoms with E-state index in [-0.39, 0.29) is 37.0 Å². The van der Waals surface area contributed by atoms with Crippen molar-refractivity contribution < 1.29 is 33.4 Å². The first kappa shape index (κ1) is 39.0. The summed E-state index contributed by atoms with van der Waals surface area (Å²) in [6, 6.07) is 17.6. The van der Waals surface area contributed by atoms with E-state index >= 15 is 0 Å². The molecular weight excluding hydrogens is 666 g/mol. The molecule has 14 heteroatoms. The average molecular weight is 714 g/mol. The van der Waals surface area contributed by atoms with E-state index in [1.807, 2.05) is 43.7 Å². The molecule has 0 spiro atoms. The van der Waals surface area contributed by atoms with Gasteiger partial charge in [-0.25, -0.2) is 14.8 Å². The normalized spacial score (nSPS) is 11.4. The monoisotopic (exact) mass is 713 g/mol. The van der Waals surface area contributed by atoms with E-state index in [9.17, 15) is 19.2 Å². The Hall–Kier alpha value is -5.79. The Kier molecular flexibility index (Phi) is 14.7. The number of pyridine rings is 1. The van der Waals surface area contributed by atoms with Crippen LogP contribution in [-0.4, -0.2) is 64.3 Å². The van der Waals surface area contributed by atoms with Gasteiger partial charge >= 0.3 is 18.0 Å². The number of fused-ring (bicyclic) bond motifs is 1. The van der Waals surface area contributed by atoms with Gasteiger partial charge < -0.3 is 29.8 Å². The number of nitrogens with zero attached hydrogens (tertiary/aromatic N) is 5. The van der Waals surface area contributed by atoms with Crippen LogP contribution in [-0.2, 0) is 37.4 Å². The predicted molar refractivity (Wildman–Crippen MR) is 198 cm³/mol. The van der Waals surface area contributed by atoms with Crippen molar-refractivity contribution in [3.05, 3.63) is 83.8 Å². The molecule has 0 saturated heterocycles. The van der Waals surface area contributed by atoms with Gasteiger partial charge in [-0.05, 0) is 66.9 Å². The zero-order valence-electron chi connectivity index (χ0n) is 30.2. The summed E-state index contributed by atoms with van der Waals surface area (Å²) in [5, 5.41) is 3.34. The molecular formula is C38H47N7O7. The fourth-order valence-electron chi connectivity index (χ4n) is 5.18. The first-order valence-electron chi connectivity index (χ1n) is 17.4. The zero-order chi connectivity index (χ0) is 37.5. The number of benzene rings is 2. The average Bonchev–Trinajstić information content (AvgIpc) is 3.45. The fourth-order valence-corrected chi connectivity index (χ4v) is 5.18. The minimum atomic E-state index is -0.703. The number of ether oxygens (including phenoxy) is 3. The lowest BCUT2D eigenvalue weighted by atomic mass is 10.1. The quantitative estimate of drug-likeness (QED) is 0.0398. The maximum Gasteiger partial charge on any atom is 0.435 e. The number of amides is 2. The van der Waals surface area contributed by atoms with Gasteiger partial charge in [0, 0.05) is 43.0 Å². The maximum absolute atomic E-state index is 13.8. The Morgan fingerprint density at radius 2 is 1.69 bits per heavy atom. The van der Waals surface area contributed by atoms with Crippen LogP contribution in [0.4, 0.5) is 16.3 Å². The van der Waals surface area contributed by atoms with E-state index in [0.29, 0.717) is 35.6 Å². The van der Waals surface area contributed by atoms with Gasteiger partial charge in [0.2, 0.25) is 6.79 Å². The Bertz CT molecular complexity index is 1840.